The number of nitrogens with one attached hydrogen (secondary N) is 2. The Balaban J connectivity index is 1.79. The van der Waals surface area contributed by atoms with Gasteiger partial charge in [-0.1, -0.05) is 13.8 Å². The van der Waals surface area contributed by atoms with Crippen molar-refractivity contribution in [2.45, 2.75) is 38.8 Å². The van der Waals surface area contributed by atoms with E-state index in [0.717, 1.165) is 31.6 Å². The Morgan fingerprint density at radius 2 is 1.95 bits per heavy atom. The summed E-state index contributed by atoms with van der Waals surface area (Å²) in [6, 6.07) is 4.61. The predicted molar refractivity (Wildman–Crippen MR) is 76.1 cm³/mol. The van der Waals surface area contributed by atoms with Crippen molar-refractivity contribution in [1.29, 1.82) is 0 Å². The molecule has 104 valence electrons. The number of rotatable bonds is 3. The molecule has 0 aliphatic carbocycles. The molecule has 1 fully saturated rings. The van der Waals surface area contributed by atoms with Crippen LogP contribution in [0.5, 0.6) is 0 Å². The highest BCUT2D eigenvalue weighted by molar-refractivity contribution is 5.89. The molecule has 2 amide bonds. The van der Waals surface area contributed by atoms with Crippen molar-refractivity contribution in [3.8, 4) is 0 Å². The molecule has 0 bridgehead atoms. The smallest absolute Gasteiger partial charge is 0.321 e. The molecule has 0 atom stereocenters. The lowest BCUT2D eigenvalue weighted by Crippen LogP contribution is -2.47. The van der Waals surface area contributed by atoms with Crippen LogP contribution in [0, 0.1) is 0 Å². The summed E-state index contributed by atoms with van der Waals surface area (Å²) < 4.78 is 0. The summed E-state index contributed by atoms with van der Waals surface area (Å²) >= 11 is 0. The Kier molecular flexibility index (Phi) is 4.74. The maximum absolute atomic E-state index is 12.1. The summed E-state index contributed by atoms with van der Waals surface area (Å²) in [5.74, 6) is 0. The Bertz CT molecular complexity index is 399. The Morgan fingerprint density at radius 3 is 2.53 bits per heavy atom. The number of carbonyl (C=O) groups excluding carboxylic acids is 1. The van der Waals surface area contributed by atoms with Crippen LogP contribution in [0.4, 0.5) is 10.5 Å². The molecular formula is C14H22N4O. The van der Waals surface area contributed by atoms with E-state index in [1.165, 1.54) is 0 Å². The Hall–Kier alpha value is -1.62. The van der Waals surface area contributed by atoms with Crippen LogP contribution < -0.4 is 10.6 Å². The number of carbonyl (C=O) groups is 1. The largest absolute Gasteiger partial charge is 0.324 e. The van der Waals surface area contributed by atoms with Crippen molar-refractivity contribution < 1.29 is 4.79 Å². The number of hydrogen-bond donors (Lipinski definition) is 2. The van der Waals surface area contributed by atoms with Gasteiger partial charge in [0.1, 0.15) is 0 Å². The minimum Gasteiger partial charge on any atom is -0.324 e. The van der Waals surface area contributed by atoms with Crippen molar-refractivity contribution in [3.63, 3.8) is 0 Å². The second kappa shape index (κ2) is 6.52. The number of anilines is 1. The minimum absolute atomic E-state index is 0.0193. The van der Waals surface area contributed by atoms with Crippen LogP contribution in [-0.4, -0.2) is 41.1 Å². The van der Waals surface area contributed by atoms with Gasteiger partial charge in [-0.05, 0) is 25.0 Å². The molecule has 2 rings (SSSR count). The summed E-state index contributed by atoms with van der Waals surface area (Å²) in [5, 5.41) is 6.42. The second-order valence-corrected chi connectivity index (χ2v) is 5.25. The molecule has 5 heteroatoms. The lowest BCUT2D eigenvalue weighted by molar-refractivity contribution is 0.187. The van der Waals surface area contributed by atoms with Crippen LogP contribution in [-0.2, 0) is 0 Å². The van der Waals surface area contributed by atoms with Gasteiger partial charge in [0.25, 0.3) is 0 Å². The molecule has 1 saturated heterocycles. The number of pyridine rings is 1. The maximum atomic E-state index is 12.1. The fourth-order valence-corrected chi connectivity index (χ4v) is 2.36. The van der Waals surface area contributed by atoms with Crippen molar-refractivity contribution in [3.05, 3.63) is 24.5 Å². The average molecular weight is 262 g/mol. The summed E-state index contributed by atoms with van der Waals surface area (Å²) in [5.41, 5.74) is 0.794. The average Bonchev–Trinajstić information content (AvgIpc) is 2.40. The molecule has 1 aromatic rings. The number of nitrogens with zero attached hydrogens (tertiary/aromatic N) is 2. The SMILES string of the molecule is CC(C)NC1CCN(C(=O)Nc2ccncc2)CC1. The minimum atomic E-state index is -0.0193. The maximum Gasteiger partial charge on any atom is 0.321 e. The topological polar surface area (TPSA) is 57.3 Å². The van der Waals surface area contributed by atoms with Gasteiger partial charge < -0.3 is 15.5 Å². The van der Waals surface area contributed by atoms with Crippen LogP contribution in [0.1, 0.15) is 26.7 Å². The fourth-order valence-electron chi connectivity index (χ4n) is 2.36. The third kappa shape index (κ3) is 4.21. The number of piperidine rings is 1. The number of hydrogen-bond acceptors (Lipinski definition) is 3. The van der Waals surface area contributed by atoms with Gasteiger partial charge in [-0.2, -0.15) is 0 Å². The van der Waals surface area contributed by atoms with Crippen LogP contribution >= 0.6 is 0 Å². The molecule has 1 aliphatic heterocycles. The van der Waals surface area contributed by atoms with E-state index in [2.05, 4.69) is 29.5 Å². The van der Waals surface area contributed by atoms with E-state index in [9.17, 15) is 4.79 Å². The Morgan fingerprint density at radius 1 is 1.32 bits per heavy atom. The van der Waals surface area contributed by atoms with Gasteiger partial charge >= 0.3 is 6.03 Å². The third-order valence-corrected chi connectivity index (χ3v) is 3.28. The first kappa shape index (κ1) is 13.8. The number of amides is 2. The molecular weight excluding hydrogens is 240 g/mol. The van der Waals surface area contributed by atoms with Crippen LogP contribution in [0.15, 0.2) is 24.5 Å². The van der Waals surface area contributed by atoms with Crippen LogP contribution in [0.2, 0.25) is 0 Å². The molecule has 0 aromatic carbocycles. The number of urea groups is 1. The zero-order valence-corrected chi connectivity index (χ0v) is 11.6. The first-order valence-corrected chi connectivity index (χ1v) is 6.87. The highest BCUT2D eigenvalue weighted by Crippen LogP contribution is 2.13. The molecule has 0 radical (unpaired) electrons. The van der Waals surface area contributed by atoms with E-state index in [4.69, 9.17) is 0 Å². The van der Waals surface area contributed by atoms with Crippen molar-refractivity contribution in [2.75, 3.05) is 18.4 Å². The molecule has 1 aliphatic rings. The van der Waals surface area contributed by atoms with E-state index in [-0.39, 0.29) is 6.03 Å². The van der Waals surface area contributed by atoms with E-state index >= 15 is 0 Å². The lowest BCUT2D eigenvalue weighted by atomic mass is 10.0. The highest BCUT2D eigenvalue weighted by atomic mass is 16.2. The quantitative estimate of drug-likeness (QED) is 0.877. The summed E-state index contributed by atoms with van der Waals surface area (Å²) in [6.07, 6.45) is 5.38. The first-order valence-electron chi connectivity index (χ1n) is 6.87. The molecule has 0 spiro atoms. The van der Waals surface area contributed by atoms with Crippen molar-refractivity contribution in [1.82, 2.24) is 15.2 Å². The second-order valence-electron chi connectivity index (χ2n) is 5.25. The molecule has 0 unspecified atom stereocenters. The zero-order chi connectivity index (χ0) is 13.7. The standard InChI is InChI=1S/C14H22N4O/c1-11(2)16-13-5-9-18(10-6-13)14(19)17-12-3-7-15-8-4-12/h3-4,7-8,11,13,16H,5-6,9-10H2,1-2H3,(H,15,17,19). The van der Waals surface area contributed by atoms with Gasteiger partial charge in [-0.15, -0.1) is 0 Å². The fraction of sp³-hybridized carbons (Fsp3) is 0.571. The van der Waals surface area contributed by atoms with Gasteiger partial charge in [0.2, 0.25) is 0 Å². The normalized spacial score (nSPS) is 16.7. The molecule has 5 nitrogen and oxygen atoms in total. The Labute approximate surface area is 114 Å². The van der Waals surface area contributed by atoms with Crippen LogP contribution in [0.3, 0.4) is 0 Å². The van der Waals surface area contributed by atoms with E-state index < -0.39 is 0 Å². The van der Waals surface area contributed by atoms with Crippen molar-refractivity contribution >= 4 is 11.7 Å². The summed E-state index contributed by atoms with van der Waals surface area (Å²) in [4.78, 5) is 17.9. The van der Waals surface area contributed by atoms with Crippen LogP contribution in [0.25, 0.3) is 0 Å². The first-order chi connectivity index (χ1) is 9.15. The molecule has 2 N–H and O–H groups in total. The molecule has 2 heterocycles. The third-order valence-electron chi connectivity index (χ3n) is 3.28. The predicted octanol–water partition coefficient (Wildman–Crippen LogP) is 2.08. The van der Waals surface area contributed by atoms with Gasteiger partial charge in [-0.25, -0.2) is 4.79 Å². The van der Waals surface area contributed by atoms with Gasteiger partial charge in [0.15, 0.2) is 0 Å². The van der Waals surface area contributed by atoms with Crippen molar-refractivity contribution in [2.24, 2.45) is 0 Å². The molecule has 19 heavy (non-hydrogen) atoms. The summed E-state index contributed by atoms with van der Waals surface area (Å²) in [6.45, 7) is 5.92. The van der Waals surface area contributed by atoms with Gasteiger partial charge in [0.05, 0.1) is 0 Å². The molecule has 0 saturated carbocycles. The van der Waals surface area contributed by atoms with Gasteiger partial charge in [0, 0.05) is 43.3 Å². The lowest BCUT2D eigenvalue weighted by Gasteiger charge is -2.33. The molecule has 1 aromatic heterocycles. The highest BCUT2D eigenvalue weighted by Gasteiger charge is 2.22. The van der Waals surface area contributed by atoms with E-state index in [1.807, 2.05) is 4.90 Å². The zero-order valence-electron chi connectivity index (χ0n) is 11.6. The van der Waals surface area contributed by atoms with E-state index in [1.54, 1.807) is 24.5 Å². The van der Waals surface area contributed by atoms with E-state index in [0.29, 0.717) is 12.1 Å². The van der Waals surface area contributed by atoms with Gasteiger partial charge in [-0.3, -0.25) is 4.98 Å². The summed E-state index contributed by atoms with van der Waals surface area (Å²) in [7, 11) is 0. The monoisotopic (exact) mass is 262 g/mol. The number of likely N-dealkylation sites (tertiary alicyclic amines) is 1. The number of aromatic nitrogens is 1.